The van der Waals surface area contributed by atoms with Crippen LogP contribution in [0.5, 0.6) is 0 Å². The highest BCUT2D eigenvalue weighted by molar-refractivity contribution is 6.33. The number of rotatable bonds is 5. The van der Waals surface area contributed by atoms with Crippen molar-refractivity contribution in [1.29, 1.82) is 0 Å². The maximum absolute atomic E-state index is 12.6. The van der Waals surface area contributed by atoms with Crippen molar-refractivity contribution in [3.05, 3.63) is 70.2 Å². The number of halogens is 4. The molecule has 0 aliphatic heterocycles. The maximum Gasteiger partial charge on any atom is 0.416 e. The number of amides is 3. The van der Waals surface area contributed by atoms with Crippen molar-refractivity contribution in [3.8, 4) is 11.8 Å². The van der Waals surface area contributed by atoms with Gasteiger partial charge in [-0.3, -0.25) is 4.79 Å². The maximum atomic E-state index is 12.6. The molecule has 0 bridgehead atoms. The Morgan fingerprint density at radius 1 is 0.966 bits per heavy atom. The van der Waals surface area contributed by atoms with Gasteiger partial charge in [0.05, 0.1) is 22.7 Å². The molecule has 0 aliphatic rings. The van der Waals surface area contributed by atoms with E-state index in [1.807, 2.05) is 0 Å². The zero-order chi connectivity index (χ0) is 21.3. The number of hydrogen-bond donors (Lipinski definition) is 3. The molecule has 0 heterocycles. The van der Waals surface area contributed by atoms with Gasteiger partial charge in [-0.1, -0.05) is 41.6 Å². The molecule has 9 heteroatoms. The van der Waals surface area contributed by atoms with Crippen LogP contribution in [0.2, 0.25) is 5.02 Å². The molecule has 152 valence electrons. The fraction of sp³-hybridized carbons (Fsp3) is 0.200. The Balaban J connectivity index is 1.69. The van der Waals surface area contributed by atoms with Crippen LogP contribution in [0, 0.1) is 11.8 Å². The van der Waals surface area contributed by atoms with E-state index >= 15 is 0 Å². The predicted molar refractivity (Wildman–Crippen MR) is 104 cm³/mol. The smallest absolute Gasteiger partial charge is 0.350 e. The number of urea groups is 1. The Kier molecular flexibility index (Phi) is 7.92. The van der Waals surface area contributed by atoms with Gasteiger partial charge < -0.3 is 16.0 Å². The number of alkyl halides is 3. The topological polar surface area (TPSA) is 70.2 Å². The second-order valence-electron chi connectivity index (χ2n) is 5.73. The molecule has 0 saturated carbocycles. The van der Waals surface area contributed by atoms with Crippen molar-refractivity contribution >= 4 is 23.5 Å². The summed E-state index contributed by atoms with van der Waals surface area (Å²) in [6.07, 6.45) is -4.43. The largest absolute Gasteiger partial charge is 0.416 e. The van der Waals surface area contributed by atoms with Crippen LogP contribution < -0.4 is 16.0 Å². The number of benzene rings is 2. The summed E-state index contributed by atoms with van der Waals surface area (Å²) in [5.74, 6) is 4.77. The quantitative estimate of drug-likeness (QED) is 0.509. The second-order valence-corrected chi connectivity index (χ2v) is 6.13. The third kappa shape index (κ3) is 7.39. The van der Waals surface area contributed by atoms with E-state index < -0.39 is 17.8 Å². The molecule has 0 aromatic heterocycles. The first-order chi connectivity index (χ1) is 13.8. The lowest BCUT2D eigenvalue weighted by Gasteiger charge is -2.08. The fourth-order valence-electron chi connectivity index (χ4n) is 2.20. The lowest BCUT2D eigenvalue weighted by molar-refractivity contribution is -0.137. The van der Waals surface area contributed by atoms with E-state index in [1.54, 1.807) is 24.3 Å². The van der Waals surface area contributed by atoms with Gasteiger partial charge in [-0.15, -0.1) is 0 Å². The molecule has 5 nitrogen and oxygen atoms in total. The standard InChI is InChI=1S/C20H17ClF3N3O2/c21-17-9-2-1-8-16(17)18(28)25-11-12-27-19(29)26-10-4-6-14-5-3-7-15(13-14)20(22,23)24/h1-3,5,7-9,13H,10-12H2,(H,25,28)(H2,26,27,29). The minimum atomic E-state index is -4.43. The Bertz CT molecular complexity index is 936. The minimum Gasteiger partial charge on any atom is -0.350 e. The molecule has 3 N–H and O–H groups in total. The highest BCUT2D eigenvalue weighted by Gasteiger charge is 2.30. The van der Waals surface area contributed by atoms with Gasteiger partial charge >= 0.3 is 12.2 Å². The first kappa shape index (κ1) is 22.1. The predicted octanol–water partition coefficient (Wildman–Crippen LogP) is 3.44. The molecule has 0 radical (unpaired) electrons. The summed E-state index contributed by atoms with van der Waals surface area (Å²) in [6.45, 7) is 0.310. The zero-order valence-corrected chi connectivity index (χ0v) is 15.8. The van der Waals surface area contributed by atoms with E-state index in [4.69, 9.17) is 11.6 Å². The van der Waals surface area contributed by atoms with Crippen molar-refractivity contribution in [1.82, 2.24) is 16.0 Å². The molecule has 2 aromatic carbocycles. The van der Waals surface area contributed by atoms with Crippen LogP contribution in [0.3, 0.4) is 0 Å². The molecular weight excluding hydrogens is 407 g/mol. The third-order valence-corrected chi connectivity index (χ3v) is 3.90. The second kappa shape index (κ2) is 10.4. The van der Waals surface area contributed by atoms with Gasteiger partial charge in [0.1, 0.15) is 0 Å². The molecule has 29 heavy (non-hydrogen) atoms. The summed E-state index contributed by atoms with van der Waals surface area (Å²) in [5, 5.41) is 7.91. The summed E-state index contributed by atoms with van der Waals surface area (Å²) >= 11 is 5.92. The van der Waals surface area contributed by atoms with Crippen LogP contribution in [0.25, 0.3) is 0 Å². The number of nitrogens with one attached hydrogen (secondary N) is 3. The summed E-state index contributed by atoms with van der Waals surface area (Å²) in [4.78, 5) is 23.6. The van der Waals surface area contributed by atoms with E-state index in [1.165, 1.54) is 12.1 Å². The van der Waals surface area contributed by atoms with E-state index in [-0.39, 0.29) is 31.1 Å². The molecule has 0 unspecified atom stereocenters. The Morgan fingerprint density at radius 3 is 2.41 bits per heavy atom. The fourth-order valence-corrected chi connectivity index (χ4v) is 2.42. The van der Waals surface area contributed by atoms with Crippen LogP contribution in [0.1, 0.15) is 21.5 Å². The van der Waals surface area contributed by atoms with Crippen molar-refractivity contribution in [3.63, 3.8) is 0 Å². The molecular formula is C20H17ClF3N3O2. The molecule has 2 rings (SSSR count). The minimum absolute atomic E-state index is 0.0476. The number of carbonyl (C=O) groups is 2. The van der Waals surface area contributed by atoms with Gasteiger partial charge in [0, 0.05) is 18.7 Å². The van der Waals surface area contributed by atoms with Crippen LogP contribution in [0.15, 0.2) is 48.5 Å². The summed E-state index contributed by atoms with van der Waals surface area (Å²) in [6, 6.07) is 10.7. The van der Waals surface area contributed by atoms with Crippen molar-refractivity contribution < 1.29 is 22.8 Å². The Hall–Kier alpha value is -3.18. The average Bonchev–Trinajstić information content (AvgIpc) is 2.68. The van der Waals surface area contributed by atoms with E-state index in [0.29, 0.717) is 10.6 Å². The van der Waals surface area contributed by atoms with Crippen LogP contribution in [-0.4, -0.2) is 31.6 Å². The molecule has 0 fully saturated rings. The van der Waals surface area contributed by atoms with Gasteiger partial charge in [-0.2, -0.15) is 13.2 Å². The molecule has 2 aromatic rings. The van der Waals surface area contributed by atoms with Crippen molar-refractivity contribution in [2.75, 3.05) is 19.6 Å². The summed E-state index contributed by atoms with van der Waals surface area (Å²) in [7, 11) is 0. The number of carbonyl (C=O) groups excluding carboxylic acids is 2. The van der Waals surface area contributed by atoms with E-state index in [9.17, 15) is 22.8 Å². The van der Waals surface area contributed by atoms with Crippen LogP contribution >= 0.6 is 11.6 Å². The monoisotopic (exact) mass is 423 g/mol. The highest BCUT2D eigenvalue weighted by atomic mass is 35.5. The van der Waals surface area contributed by atoms with Gasteiger partial charge in [-0.25, -0.2) is 4.79 Å². The molecule has 0 atom stereocenters. The molecule has 0 spiro atoms. The van der Waals surface area contributed by atoms with Crippen molar-refractivity contribution in [2.45, 2.75) is 6.18 Å². The zero-order valence-electron chi connectivity index (χ0n) is 15.1. The normalized spacial score (nSPS) is 10.5. The summed E-state index contributed by atoms with van der Waals surface area (Å²) < 4.78 is 37.9. The van der Waals surface area contributed by atoms with Crippen LogP contribution in [-0.2, 0) is 6.18 Å². The van der Waals surface area contributed by atoms with Gasteiger partial charge in [0.15, 0.2) is 0 Å². The van der Waals surface area contributed by atoms with Gasteiger partial charge in [-0.05, 0) is 30.3 Å². The van der Waals surface area contributed by atoms with Gasteiger partial charge in [0.25, 0.3) is 5.91 Å². The Morgan fingerprint density at radius 2 is 1.69 bits per heavy atom. The molecule has 0 aliphatic carbocycles. The molecule has 0 saturated heterocycles. The lowest BCUT2D eigenvalue weighted by Crippen LogP contribution is -2.40. The summed E-state index contributed by atoms with van der Waals surface area (Å²) in [5.41, 5.74) is -0.248. The number of hydrogen-bond acceptors (Lipinski definition) is 2. The molecule has 3 amide bonds. The first-order valence-corrected chi connectivity index (χ1v) is 8.86. The Labute approximate surface area is 170 Å². The first-order valence-electron chi connectivity index (χ1n) is 8.48. The third-order valence-electron chi connectivity index (χ3n) is 3.57. The van der Waals surface area contributed by atoms with E-state index in [0.717, 1.165) is 12.1 Å². The van der Waals surface area contributed by atoms with E-state index in [2.05, 4.69) is 27.8 Å². The average molecular weight is 424 g/mol. The van der Waals surface area contributed by atoms with Gasteiger partial charge in [0.2, 0.25) is 0 Å². The highest BCUT2D eigenvalue weighted by Crippen LogP contribution is 2.29. The van der Waals surface area contributed by atoms with Crippen molar-refractivity contribution in [2.24, 2.45) is 0 Å². The lowest BCUT2D eigenvalue weighted by atomic mass is 10.1. The van der Waals surface area contributed by atoms with Crippen LogP contribution in [0.4, 0.5) is 18.0 Å². The SMILES string of the molecule is O=C(NCC#Cc1cccc(C(F)(F)F)c1)NCCNC(=O)c1ccccc1Cl.